The largest absolute Gasteiger partial charge is 0.416 e. The second-order valence-electron chi connectivity index (χ2n) is 2.57. The zero-order valence-electron chi connectivity index (χ0n) is 7.26. The molecule has 0 saturated heterocycles. The highest BCUT2D eigenvalue weighted by Gasteiger charge is 2.30. The number of rotatable bonds is 2. The molecule has 0 aliphatic rings. The van der Waals surface area contributed by atoms with Crippen LogP contribution in [0.15, 0.2) is 23.1 Å². The quantitative estimate of drug-likeness (QED) is 0.562. The van der Waals surface area contributed by atoms with Crippen LogP contribution in [0.1, 0.15) is 15.9 Å². The molecule has 0 radical (unpaired) electrons. The van der Waals surface area contributed by atoms with Gasteiger partial charge >= 0.3 is 6.18 Å². The molecular weight excluding hydrogens is 213 g/mol. The Hall–Kier alpha value is -0.970. The Balaban J connectivity index is 3.21. The molecule has 0 spiro atoms. The molecule has 0 unspecified atom stereocenters. The molecule has 0 aliphatic carbocycles. The predicted molar refractivity (Wildman–Crippen MR) is 48.6 cm³/mol. The minimum Gasteiger partial charge on any atom is -0.298 e. The number of hydrogen-bond donors (Lipinski definition) is 0. The molecule has 0 aromatic heterocycles. The van der Waals surface area contributed by atoms with E-state index in [-0.39, 0.29) is 5.56 Å². The molecule has 0 saturated carbocycles. The number of benzene rings is 1. The van der Waals surface area contributed by atoms with Crippen molar-refractivity contribution in [3.05, 3.63) is 29.3 Å². The zero-order chi connectivity index (χ0) is 10.8. The predicted octanol–water partition coefficient (Wildman–Crippen LogP) is 3.24. The molecule has 0 amide bonds. The van der Waals surface area contributed by atoms with Crippen LogP contribution in [0, 0.1) is 0 Å². The minimum absolute atomic E-state index is 0.283. The van der Waals surface area contributed by atoms with Crippen molar-refractivity contribution < 1.29 is 18.0 Å². The molecule has 76 valence electrons. The van der Waals surface area contributed by atoms with Crippen LogP contribution in [0.3, 0.4) is 0 Å². The van der Waals surface area contributed by atoms with Gasteiger partial charge in [0.25, 0.3) is 0 Å². The number of carbonyl (C=O) groups is 1. The van der Waals surface area contributed by atoms with Gasteiger partial charge in [-0.25, -0.2) is 0 Å². The molecule has 0 atom stereocenters. The summed E-state index contributed by atoms with van der Waals surface area (Å²) in [6.07, 6.45) is -2.18. The van der Waals surface area contributed by atoms with Gasteiger partial charge in [0.15, 0.2) is 6.29 Å². The van der Waals surface area contributed by atoms with E-state index in [9.17, 15) is 18.0 Å². The van der Waals surface area contributed by atoms with Crippen LogP contribution in [-0.2, 0) is 6.18 Å². The highest BCUT2D eigenvalue weighted by Crippen LogP contribution is 2.32. The summed E-state index contributed by atoms with van der Waals surface area (Å²) in [4.78, 5) is 10.8. The Kier molecular flexibility index (Phi) is 3.21. The average Bonchev–Trinajstić information content (AvgIpc) is 2.15. The van der Waals surface area contributed by atoms with E-state index < -0.39 is 11.7 Å². The molecule has 1 nitrogen and oxygen atoms in total. The first-order chi connectivity index (χ1) is 6.49. The lowest BCUT2D eigenvalue weighted by atomic mass is 10.1. The first-order valence-electron chi connectivity index (χ1n) is 3.69. The number of aldehydes is 1. The fourth-order valence-electron chi connectivity index (χ4n) is 0.985. The van der Waals surface area contributed by atoms with Crippen molar-refractivity contribution in [1.82, 2.24) is 0 Å². The van der Waals surface area contributed by atoms with Crippen LogP contribution in [0.4, 0.5) is 13.2 Å². The van der Waals surface area contributed by atoms with E-state index in [0.717, 1.165) is 23.9 Å². The third kappa shape index (κ3) is 2.29. The molecule has 1 aromatic rings. The molecule has 5 heteroatoms. The zero-order valence-corrected chi connectivity index (χ0v) is 8.08. The van der Waals surface area contributed by atoms with Crippen LogP contribution < -0.4 is 0 Å². The van der Waals surface area contributed by atoms with E-state index in [2.05, 4.69) is 0 Å². The Bertz CT molecular complexity index is 346. The Labute approximate surface area is 83.3 Å². The van der Waals surface area contributed by atoms with E-state index in [1.807, 2.05) is 0 Å². The molecule has 0 heterocycles. The number of thioether (sulfide) groups is 1. The molecule has 0 N–H and O–H groups in total. The summed E-state index contributed by atoms with van der Waals surface area (Å²) in [6.45, 7) is 0. The molecule has 14 heavy (non-hydrogen) atoms. The van der Waals surface area contributed by atoms with Crippen LogP contribution in [0.2, 0.25) is 0 Å². The molecule has 1 rings (SSSR count). The van der Waals surface area contributed by atoms with Crippen molar-refractivity contribution in [3.63, 3.8) is 0 Å². The third-order valence-corrected chi connectivity index (χ3v) is 2.48. The summed E-state index contributed by atoms with van der Waals surface area (Å²) in [7, 11) is 0. The first kappa shape index (κ1) is 11.1. The van der Waals surface area contributed by atoms with Gasteiger partial charge in [-0.15, -0.1) is 11.8 Å². The lowest BCUT2D eigenvalue weighted by Gasteiger charge is -2.08. The summed E-state index contributed by atoms with van der Waals surface area (Å²) < 4.78 is 36.7. The Morgan fingerprint density at radius 2 is 2.00 bits per heavy atom. The SMILES string of the molecule is CSc1cc(C(F)(F)F)ccc1C=O. The summed E-state index contributed by atoms with van der Waals surface area (Å²) >= 11 is 1.12. The Morgan fingerprint density at radius 1 is 1.36 bits per heavy atom. The standard InChI is InChI=1S/C9H7F3OS/c1-14-8-4-7(9(10,11)12)3-2-6(8)5-13/h2-5H,1H3. The topological polar surface area (TPSA) is 17.1 Å². The highest BCUT2D eigenvalue weighted by molar-refractivity contribution is 7.98. The maximum Gasteiger partial charge on any atom is 0.416 e. The van der Waals surface area contributed by atoms with Gasteiger partial charge in [0, 0.05) is 10.5 Å². The van der Waals surface area contributed by atoms with Crippen molar-refractivity contribution in [1.29, 1.82) is 0 Å². The van der Waals surface area contributed by atoms with Gasteiger partial charge in [-0.3, -0.25) is 4.79 Å². The van der Waals surface area contributed by atoms with Gasteiger partial charge in [0.2, 0.25) is 0 Å². The second-order valence-corrected chi connectivity index (χ2v) is 3.42. The Morgan fingerprint density at radius 3 is 2.43 bits per heavy atom. The van der Waals surface area contributed by atoms with Crippen LogP contribution >= 0.6 is 11.8 Å². The van der Waals surface area contributed by atoms with Crippen LogP contribution in [0.25, 0.3) is 0 Å². The van der Waals surface area contributed by atoms with E-state index >= 15 is 0 Å². The fraction of sp³-hybridized carbons (Fsp3) is 0.222. The van der Waals surface area contributed by atoms with Crippen molar-refractivity contribution in [2.24, 2.45) is 0 Å². The van der Waals surface area contributed by atoms with Gasteiger partial charge in [-0.2, -0.15) is 13.2 Å². The van der Waals surface area contributed by atoms with E-state index in [4.69, 9.17) is 0 Å². The summed E-state index contributed by atoms with van der Waals surface area (Å²) in [5.41, 5.74) is -0.446. The summed E-state index contributed by atoms with van der Waals surface area (Å²) in [5, 5.41) is 0. The van der Waals surface area contributed by atoms with Crippen LogP contribution in [-0.4, -0.2) is 12.5 Å². The smallest absolute Gasteiger partial charge is 0.298 e. The monoisotopic (exact) mass is 220 g/mol. The van der Waals surface area contributed by atoms with Crippen molar-refractivity contribution in [2.45, 2.75) is 11.1 Å². The molecule has 1 aromatic carbocycles. The maximum atomic E-state index is 12.2. The minimum atomic E-state index is -4.36. The van der Waals surface area contributed by atoms with Crippen molar-refractivity contribution >= 4 is 18.0 Å². The number of halogens is 3. The van der Waals surface area contributed by atoms with E-state index in [1.165, 1.54) is 6.07 Å². The molecule has 0 fully saturated rings. The number of alkyl halides is 3. The summed E-state index contributed by atoms with van der Waals surface area (Å²) in [5.74, 6) is 0. The van der Waals surface area contributed by atoms with E-state index in [0.29, 0.717) is 11.2 Å². The van der Waals surface area contributed by atoms with Gasteiger partial charge in [-0.1, -0.05) is 0 Å². The fourth-order valence-corrected chi connectivity index (χ4v) is 1.58. The van der Waals surface area contributed by atoms with Crippen molar-refractivity contribution in [2.75, 3.05) is 6.26 Å². The van der Waals surface area contributed by atoms with Crippen LogP contribution in [0.5, 0.6) is 0 Å². The first-order valence-corrected chi connectivity index (χ1v) is 4.92. The molecule has 0 bridgehead atoms. The lowest BCUT2D eigenvalue weighted by molar-refractivity contribution is -0.137. The van der Waals surface area contributed by atoms with Gasteiger partial charge in [0.05, 0.1) is 5.56 Å². The average molecular weight is 220 g/mol. The second kappa shape index (κ2) is 4.04. The highest BCUT2D eigenvalue weighted by atomic mass is 32.2. The number of carbonyl (C=O) groups excluding carboxylic acids is 1. The third-order valence-electron chi connectivity index (χ3n) is 1.69. The van der Waals surface area contributed by atoms with E-state index in [1.54, 1.807) is 6.26 Å². The maximum absolute atomic E-state index is 12.2. The van der Waals surface area contributed by atoms with Gasteiger partial charge in [0.1, 0.15) is 0 Å². The molecule has 0 aliphatic heterocycles. The van der Waals surface area contributed by atoms with Gasteiger partial charge < -0.3 is 0 Å². The lowest BCUT2D eigenvalue weighted by Crippen LogP contribution is -2.05. The molecular formula is C9H7F3OS. The number of hydrogen-bond acceptors (Lipinski definition) is 2. The normalized spacial score (nSPS) is 11.4. The van der Waals surface area contributed by atoms with Gasteiger partial charge in [-0.05, 0) is 24.5 Å². The van der Waals surface area contributed by atoms with Crippen molar-refractivity contribution in [3.8, 4) is 0 Å². The summed E-state index contributed by atoms with van der Waals surface area (Å²) in [6, 6.07) is 3.07.